The van der Waals surface area contributed by atoms with Gasteiger partial charge in [0.1, 0.15) is 0 Å². The Bertz CT molecular complexity index is 1670. The van der Waals surface area contributed by atoms with Crippen molar-refractivity contribution in [1.29, 1.82) is 0 Å². The quantitative estimate of drug-likeness (QED) is 0.164. The van der Waals surface area contributed by atoms with Crippen LogP contribution in [0.3, 0.4) is 0 Å². The van der Waals surface area contributed by atoms with E-state index in [-0.39, 0.29) is 43.1 Å². The molecule has 4 atom stereocenters. The lowest BCUT2D eigenvalue weighted by Gasteiger charge is -2.42. The topological polar surface area (TPSA) is 79.3 Å². The Balaban J connectivity index is 1.25. The molecule has 4 aromatic rings. The number of amides is 2. The van der Waals surface area contributed by atoms with Crippen molar-refractivity contribution in [3.63, 3.8) is 0 Å². The fourth-order valence-electron chi connectivity index (χ4n) is 6.21. The van der Waals surface area contributed by atoms with E-state index in [1.54, 1.807) is 24.3 Å². The van der Waals surface area contributed by atoms with E-state index in [0.717, 1.165) is 46.5 Å². The number of benzene rings is 4. The lowest BCUT2D eigenvalue weighted by Crippen LogP contribution is -2.43. The molecule has 1 N–H and O–H groups in total. The molecule has 7 nitrogen and oxygen atoms in total. The van der Waals surface area contributed by atoms with Gasteiger partial charge in [-0.2, -0.15) is 0 Å². The summed E-state index contributed by atoms with van der Waals surface area (Å²) in [6, 6.07) is 30.9. The van der Waals surface area contributed by atoms with E-state index in [1.807, 2.05) is 72.8 Å². The third-order valence-electron chi connectivity index (χ3n) is 8.69. The molecule has 0 saturated carbocycles. The summed E-state index contributed by atoms with van der Waals surface area (Å²) in [5.41, 5.74) is 6.51. The van der Waals surface area contributed by atoms with Crippen LogP contribution in [-0.2, 0) is 22.6 Å². The molecular weight excluding hydrogens is 564 g/mol. The molecule has 230 valence electrons. The van der Waals surface area contributed by atoms with Crippen LogP contribution >= 0.6 is 0 Å². The number of carbonyl (C=O) groups is 2. The minimum atomic E-state index is -0.590. The van der Waals surface area contributed by atoms with Crippen molar-refractivity contribution in [2.45, 2.75) is 38.6 Å². The maximum atomic E-state index is 13.0. The Labute approximate surface area is 264 Å². The zero-order chi connectivity index (χ0) is 31.5. The van der Waals surface area contributed by atoms with Gasteiger partial charge < -0.3 is 19.5 Å². The van der Waals surface area contributed by atoms with Gasteiger partial charge in [0.2, 0.25) is 0 Å². The number of hydrogen-bond donors (Lipinski definition) is 1. The largest absolute Gasteiger partial charge is 0.392 e. The molecule has 2 amide bonds. The van der Waals surface area contributed by atoms with E-state index in [2.05, 4.69) is 31.5 Å². The van der Waals surface area contributed by atoms with Crippen LogP contribution in [0.25, 0.3) is 11.1 Å². The zero-order valence-corrected chi connectivity index (χ0v) is 25.6. The Morgan fingerprint density at radius 3 is 2.16 bits per heavy atom. The highest BCUT2D eigenvalue weighted by molar-refractivity contribution is 6.21. The summed E-state index contributed by atoms with van der Waals surface area (Å²) in [6.07, 6.45) is 0.999. The van der Waals surface area contributed by atoms with Gasteiger partial charge in [-0.1, -0.05) is 85.8 Å². The van der Waals surface area contributed by atoms with Crippen molar-refractivity contribution < 1.29 is 24.2 Å². The van der Waals surface area contributed by atoms with E-state index in [1.165, 1.54) is 4.90 Å². The van der Waals surface area contributed by atoms with E-state index in [9.17, 15) is 14.7 Å². The summed E-state index contributed by atoms with van der Waals surface area (Å²) in [5, 5.41) is 9.54. The normalized spacial score (nSPS) is 21.3. The number of carbonyl (C=O) groups excluding carboxylic acids is 2. The molecule has 1 saturated heterocycles. The van der Waals surface area contributed by atoms with Gasteiger partial charge in [-0.15, -0.1) is 6.58 Å². The van der Waals surface area contributed by atoms with Crippen molar-refractivity contribution in [2.24, 2.45) is 5.92 Å². The van der Waals surface area contributed by atoms with Crippen LogP contribution in [0.2, 0.25) is 0 Å². The van der Waals surface area contributed by atoms with Crippen LogP contribution in [0.1, 0.15) is 62.3 Å². The maximum absolute atomic E-state index is 13.0. The first-order chi connectivity index (χ1) is 21.9. The molecule has 0 spiro atoms. The third-order valence-corrected chi connectivity index (χ3v) is 8.69. The first-order valence-electron chi connectivity index (χ1n) is 15.3. The van der Waals surface area contributed by atoms with Gasteiger partial charge in [-0.05, 0) is 59.1 Å². The van der Waals surface area contributed by atoms with Crippen molar-refractivity contribution >= 4 is 11.8 Å². The number of hydrogen-bond acceptors (Lipinski definition) is 6. The van der Waals surface area contributed by atoms with Crippen LogP contribution in [0.15, 0.2) is 110 Å². The molecule has 2 heterocycles. The van der Waals surface area contributed by atoms with Crippen molar-refractivity contribution in [3.8, 4) is 11.1 Å². The van der Waals surface area contributed by atoms with Crippen LogP contribution in [-0.4, -0.2) is 53.0 Å². The van der Waals surface area contributed by atoms with Gasteiger partial charge in [-0.3, -0.25) is 14.5 Å². The first kappa shape index (κ1) is 30.6. The minimum Gasteiger partial charge on any atom is -0.392 e. The SMILES string of the molecule is C=CCN(C)CC1OC(c2cccc(-c3cccc(CN4C(=O)c5ccccc5C4=O)c3)c2)OC(c2ccc(CO)cc2)C1C. The van der Waals surface area contributed by atoms with Gasteiger partial charge in [0, 0.05) is 24.6 Å². The second kappa shape index (κ2) is 13.3. The average Bonchev–Trinajstić information content (AvgIpc) is 3.31. The maximum Gasteiger partial charge on any atom is 0.261 e. The fraction of sp³-hybridized carbons (Fsp3) is 0.263. The number of likely N-dealkylation sites (N-methyl/N-ethyl adjacent to an activating group) is 1. The number of aliphatic hydroxyl groups excluding tert-OH is 1. The molecule has 2 aliphatic rings. The molecule has 0 aromatic heterocycles. The number of imide groups is 1. The Kier molecular flexibility index (Phi) is 9.05. The highest BCUT2D eigenvalue weighted by Crippen LogP contribution is 2.42. The van der Waals surface area contributed by atoms with Crippen molar-refractivity contribution in [2.75, 3.05) is 20.1 Å². The summed E-state index contributed by atoms with van der Waals surface area (Å²) in [5.74, 6) is -0.453. The molecule has 6 rings (SSSR count). The van der Waals surface area contributed by atoms with Gasteiger partial charge >= 0.3 is 0 Å². The Morgan fingerprint density at radius 2 is 1.49 bits per heavy atom. The Morgan fingerprint density at radius 1 is 0.822 bits per heavy atom. The van der Waals surface area contributed by atoms with Crippen molar-refractivity contribution in [3.05, 3.63) is 143 Å². The highest BCUT2D eigenvalue weighted by Gasteiger charge is 2.39. The predicted octanol–water partition coefficient (Wildman–Crippen LogP) is 6.55. The molecule has 7 heteroatoms. The van der Waals surface area contributed by atoms with E-state index >= 15 is 0 Å². The minimum absolute atomic E-state index is 0.00560. The summed E-state index contributed by atoms with van der Waals surface area (Å²) >= 11 is 0. The monoisotopic (exact) mass is 602 g/mol. The van der Waals surface area contributed by atoms with E-state index in [0.29, 0.717) is 11.1 Å². The number of fused-ring (bicyclic) bond motifs is 1. The summed E-state index contributed by atoms with van der Waals surface area (Å²) < 4.78 is 13.3. The number of aliphatic hydroxyl groups is 1. The van der Waals surface area contributed by atoms with Crippen LogP contribution in [0, 0.1) is 5.92 Å². The molecule has 1 fully saturated rings. The van der Waals surface area contributed by atoms with Crippen LogP contribution < -0.4 is 0 Å². The standard InChI is InChI=1S/C38H38N2O5/c1-4-19-39(3)23-34-25(2)35(28-17-15-26(24-41)16-18-28)45-38(44-34)31-12-8-11-30(21-31)29-10-7-9-27(20-29)22-40-36(42)32-13-5-6-14-33(32)37(40)43/h4-18,20-21,25,34-35,38,41H,1,19,22-24H2,2-3H3. The Hall–Kier alpha value is -4.40. The fourth-order valence-corrected chi connectivity index (χ4v) is 6.21. The van der Waals surface area contributed by atoms with Gasteiger partial charge in [0.15, 0.2) is 6.29 Å². The molecule has 0 radical (unpaired) electrons. The lowest BCUT2D eigenvalue weighted by atomic mass is 9.90. The molecule has 4 unspecified atom stereocenters. The molecule has 45 heavy (non-hydrogen) atoms. The van der Waals surface area contributed by atoms with Crippen LogP contribution in [0.4, 0.5) is 0 Å². The molecule has 0 aliphatic carbocycles. The molecular formula is C38H38N2O5. The van der Waals surface area contributed by atoms with Crippen LogP contribution in [0.5, 0.6) is 0 Å². The van der Waals surface area contributed by atoms with Gasteiger partial charge in [-0.25, -0.2) is 0 Å². The highest BCUT2D eigenvalue weighted by atomic mass is 16.7. The number of nitrogens with zero attached hydrogens (tertiary/aromatic N) is 2. The third kappa shape index (κ3) is 6.39. The predicted molar refractivity (Wildman–Crippen MR) is 173 cm³/mol. The molecule has 4 aromatic carbocycles. The van der Waals surface area contributed by atoms with Gasteiger partial charge in [0.25, 0.3) is 11.8 Å². The molecule has 2 aliphatic heterocycles. The second-order valence-electron chi connectivity index (χ2n) is 11.9. The number of ether oxygens (including phenoxy) is 2. The van der Waals surface area contributed by atoms with Crippen molar-refractivity contribution in [1.82, 2.24) is 9.80 Å². The summed E-state index contributed by atoms with van der Waals surface area (Å²) in [4.78, 5) is 29.4. The smallest absolute Gasteiger partial charge is 0.261 e. The lowest BCUT2D eigenvalue weighted by molar-refractivity contribution is -0.275. The van der Waals surface area contributed by atoms with E-state index in [4.69, 9.17) is 9.47 Å². The van der Waals surface area contributed by atoms with E-state index < -0.39 is 6.29 Å². The summed E-state index contributed by atoms with van der Waals surface area (Å²) in [6.45, 7) is 7.70. The second-order valence-corrected chi connectivity index (χ2v) is 11.9. The number of rotatable bonds is 10. The first-order valence-corrected chi connectivity index (χ1v) is 15.3. The summed E-state index contributed by atoms with van der Waals surface area (Å²) in [7, 11) is 2.06. The van der Waals surface area contributed by atoms with Gasteiger partial charge in [0.05, 0.1) is 36.5 Å². The zero-order valence-electron chi connectivity index (χ0n) is 25.6. The average molecular weight is 603 g/mol. The molecule has 0 bridgehead atoms.